The molecule has 0 amide bonds. The molecule has 0 spiro atoms. The molecule has 0 unspecified atom stereocenters. The molecule has 86 valence electrons. The third-order valence-corrected chi connectivity index (χ3v) is 2.78. The molecule has 16 heavy (non-hydrogen) atoms. The predicted octanol–water partition coefficient (Wildman–Crippen LogP) is 2.55. The van der Waals surface area contributed by atoms with Crippen LogP contribution in [0.15, 0.2) is 24.3 Å². The van der Waals surface area contributed by atoms with E-state index >= 15 is 0 Å². The Hall–Kier alpha value is -1.29. The monoisotopic (exact) mass is 238 g/mol. The lowest BCUT2D eigenvalue weighted by Crippen LogP contribution is -1.99. The molecule has 0 aliphatic carbocycles. The van der Waals surface area contributed by atoms with Crippen LogP contribution in [0.2, 0.25) is 0 Å². The summed E-state index contributed by atoms with van der Waals surface area (Å²) in [5, 5.41) is 0.135. The lowest BCUT2D eigenvalue weighted by molar-refractivity contribution is -0.109. The van der Waals surface area contributed by atoms with Gasteiger partial charge in [0.1, 0.15) is 12.0 Å². The maximum Gasteiger partial charge on any atom is 0.185 e. The van der Waals surface area contributed by atoms with Gasteiger partial charge in [0.25, 0.3) is 0 Å². The minimum absolute atomic E-state index is 0.135. The molecule has 1 aromatic carbocycles. The van der Waals surface area contributed by atoms with Crippen molar-refractivity contribution >= 4 is 23.2 Å². The van der Waals surface area contributed by atoms with Crippen molar-refractivity contribution in [1.82, 2.24) is 0 Å². The van der Waals surface area contributed by atoms with E-state index in [2.05, 4.69) is 0 Å². The van der Waals surface area contributed by atoms with Crippen LogP contribution >= 0.6 is 11.8 Å². The number of thioether (sulfide) groups is 1. The van der Waals surface area contributed by atoms with Crippen LogP contribution in [-0.4, -0.2) is 23.8 Å². The molecule has 0 radical (unpaired) electrons. The third kappa shape index (κ3) is 4.98. The molecule has 0 N–H and O–H groups in total. The second-order valence-corrected chi connectivity index (χ2v) is 4.50. The van der Waals surface area contributed by atoms with Crippen LogP contribution in [0.25, 0.3) is 0 Å². The third-order valence-electron chi connectivity index (χ3n) is 1.88. The fourth-order valence-electron chi connectivity index (χ4n) is 1.11. The molecule has 1 rings (SSSR count). The molecule has 4 heteroatoms. The highest BCUT2D eigenvalue weighted by Gasteiger charge is 1.96. The quantitative estimate of drug-likeness (QED) is 0.564. The van der Waals surface area contributed by atoms with Gasteiger partial charge in [-0.25, -0.2) is 0 Å². The van der Waals surface area contributed by atoms with Gasteiger partial charge in [-0.05, 0) is 30.7 Å². The molecule has 0 aliphatic heterocycles. The number of hydrogen-bond donors (Lipinski definition) is 0. The zero-order valence-corrected chi connectivity index (χ0v) is 9.96. The van der Waals surface area contributed by atoms with E-state index in [-0.39, 0.29) is 5.12 Å². The van der Waals surface area contributed by atoms with Crippen molar-refractivity contribution in [3.05, 3.63) is 29.8 Å². The summed E-state index contributed by atoms with van der Waals surface area (Å²) in [6.07, 6.45) is 1.63. The highest BCUT2D eigenvalue weighted by Crippen LogP contribution is 2.12. The Morgan fingerprint density at radius 1 is 1.38 bits per heavy atom. The molecule has 0 atom stereocenters. The van der Waals surface area contributed by atoms with Gasteiger partial charge in [0.15, 0.2) is 5.12 Å². The lowest BCUT2D eigenvalue weighted by atomic mass is 10.2. The maximum atomic E-state index is 10.6. The summed E-state index contributed by atoms with van der Waals surface area (Å²) in [4.78, 5) is 21.0. The number of hydrogen-bond acceptors (Lipinski definition) is 4. The minimum atomic E-state index is 0.135. The van der Waals surface area contributed by atoms with Crippen molar-refractivity contribution in [3.63, 3.8) is 0 Å². The van der Waals surface area contributed by atoms with Crippen LogP contribution in [0, 0.1) is 0 Å². The van der Waals surface area contributed by atoms with Crippen molar-refractivity contribution < 1.29 is 14.3 Å². The second kappa shape index (κ2) is 7.06. The van der Waals surface area contributed by atoms with Crippen LogP contribution in [0.1, 0.15) is 23.7 Å². The molecule has 0 fully saturated rings. The van der Waals surface area contributed by atoms with Crippen molar-refractivity contribution in [2.24, 2.45) is 0 Å². The molecular formula is C12H14O3S. The van der Waals surface area contributed by atoms with E-state index < -0.39 is 0 Å². The molecule has 1 aromatic rings. The van der Waals surface area contributed by atoms with Crippen molar-refractivity contribution in [3.8, 4) is 5.75 Å². The fraction of sp³-hybridized carbons (Fsp3) is 0.333. The van der Waals surface area contributed by atoms with Crippen LogP contribution in [-0.2, 0) is 4.79 Å². The number of carbonyl (C=O) groups is 2. The Bertz CT molecular complexity index is 346. The minimum Gasteiger partial charge on any atom is -0.494 e. The second-order valence-electron chi connectivity index (χ2n) is 3.23. The average Bonchev–Trinajstić information content (AvgIpc) is 2.29. The van der Waals surface area contributed by atoms with Crippen LogP contribution in [0.3, 0.4) is 0 Å². The van der Waals surface area contributed by atoms with Gasteiger partial charge in [0, 0.05) is 18.2 Å². The van der Waals surface area contributed by atoms with E-state index in [0.717, 1.165) is 24.2 Å². The highest BCUT2D eigenvalue weighted by molar-refractivity contribution is 8.13. The van der Waals surface area contributed by atoms with Gasteiger partial charge in [-0.15, -0.1) is 0 Å². The van der Waals surface area contributed by atoms with Gasteiger partial charge in [-0.3, -0.25) is 9.59 Å². The van der Waals surface area contributed by atoms with Gasteiger partial charge >= 0.3 is 0 Å². The number of benzene rings is 1. The highest BCUT2D eigenvalue weighted by atomic mass is 32.2. The SMILES string of the molecule is CC(=O)SCCCOc1ccc(C=O)cc1. The summed E-state index contributed by atoms with van der Waals surface area (Å²) in [6.45, 7) is 2.14. The van der Waals surface area contributed by atoms with Crippen LogP contribution < -0.4 is 4.74 Å². The van der Waals surface area contributed by atoms with Crippen molar-refractivity contribution in [1.29, 1.82) is 0 Å². The fourth-order valence-corrected chi connectivity index (χ4v) is 1.66. The van der Waals surface area contributed by atoms with Crippen molar-refractivity contribution in [2.45, 2.75) is 13.3 Å². The zero-order valence-electron chi connectivity index (χ0n) is 9.14. The van der Waals surface area contributed by atoms with E-state index in [0.29, 0.717) is 12.2 Å². The van der Waals surface area contributed by atoms with E-state index in [1.807, 2.05) is 0 Å². The number of carbonyl (C=O) groups excluding carboxylic acids is 2. The first kappa shape index (κ1) is 12.8. The van der Waals surface area contributed by atoms with E-state index in [1.165, 1.54) is 11.8 Å². The smallest absolute Gasteiger partial charge is 0.185 e. The molecule has 0 saturated carbocycles. The van der Waals surface area contributed by atoms with Gasteiger partial charge in [0.05, 0.1) is 6.61 Å². The van der Waals surface area contributed by atoms with E-state index in [9.17, 15) is 9.59 Å². The summed E-state index contributed by atoms with van der Waals surface area (Å²) in [6, 6.07) is 6.96. The molecule has 0 bridgehead atoms. The summed E-state index contributed by atoms with van der Waals surface area (Å²) in [5.41, 5.74) is 0.638. The molecule has 3 nitrogen and oxygen atoms in total. The summed E-state index contributed by atoms with van der Waals surface area (Å²) < 4.78 is 5.45. The van der Waals surface area contributed by atoms with Crippen LogP contribution in [0.4, 0.5) is 0 Å². The molecule has 0 heterocycles. The standard InChI is InChI=1S/C12H14O3S/c1-10(14)16-8-2-7-15-12-5-3-11(9-13)4-6-12/h3-6,9H,2,7-8H2,1H3. The van der Waals surface area contributed by atoms with Gasteiger partial charge in [-0.2, -0.15) is 0 Å². The maximum absolute atomic E-state index is 10.6. The number of ether oxygens (including phenoxy) is 1. The predicted molar refractivity (Wildman–Crippen MR) is 65.1 cm³/mol. The lowest BCUT2D eigenvalue weighted by Gasteiger charge is -2.05. The Morgan fingerprint density at radius 2 is 2.06 bits per heavy atom. The Balaban J connectivity index is 2.21. The number of aldehydes is 1. The Kier molecular flexibility index (Phi) is 5.64. The normalized spacial score (nSPS) is 9.81. The Morgan fingerprint density at radius 3 is 2.62 bits per heavy atom. The van der Waals surface area contributed by atoms with Gasteiger partial charge < -0.3 is 4.74 Å². The molecule has 0 saturated heterocycles. The van der Waals surface area contributed by atoms with E-state index in [4.69, 9.17) is 4.74 Å². The first-order valence-corrected chi connectivity index (χ1v) is 6.02. The molecule has 0 aromatic heterocycles. The van der Waals surface area contributed by atoms with Crippen LogP contribution in [0.5, 0.6) is 5.75 Å². The zero-order chi connectivity index (χ0) is 11.8. The van der Waals surface area contributed by atoms with Gasteiger partial charge in [-0.1, -0.05) is 11.8 Å². The van der Waals surface area contributed by atoms with Crippen molar-refractivity contribution in [2.75, 3.05) is 12.4 Å². The van der Waals surface area contributed by atoms with Gasteiger partial charge in [0.2, 0.25) is 0 Å². The molecular weight excluding hydrogens is 224 g/mol. The van der Waals surface area contributed by atoms with E-state index in [1.54, 1.807) is 31.2 Å². The first-order chi connectivity index (χ1) is 7.72. The topological polar surface area (TPSA) is 43.4 Å². The first-order valence-electron chi connectivity index (χ1n) is 5.04. The average molecular weight is 238 g/mol. The molecule has 0 aliphatic rings. The Labute approximate surface area is 99.2 Å². The summed E-state index contributed by atoms with van der Waals surface area (Å²) in [7, 11) is 0. The summed E-state index contributed by atoms with van der Waals surface area (Å²) in [5.74, 6) is 1.53. The largest absolute Gasteiger partial charge is 0.494 e. The summed E-state index contributed by atoms with van der Waals surface area (Å²) >= 11 is 1.31. The number of rotatable bonds is 6.